The van der Waals surface area contributed by atoms with Crippen molar-refractivity contribution in [2.45, 2.75) is 25.7 Å². The van der Waals surface area contributed by atoms with E-state index in [-0.39, 0.29) is 6.61 Å². The van der Waals surface area contributed by atoms with Crippen LogP contribution in [0.4, 0.5) is 0 Å². The van der Waals surface area contributed by atoms with E-state index in [1.807, 2.05) is 6.07 Å². The van der Waals surface area contributed by atoms with Crippen LogP contribution in [0, 0.1) is 17.8 Å². The number of aliphatic hydroxyl groups is 1. The lowest BCUT2D eigenvalue weighted by atomic mass is 9.86. The van der Waals surface area contributed by atoms with Gasteiger partial charge in [-0.2, -0.15) is 0 Å². The first kappa shape index (κ1) is 11.9. The maximum Gasteiger partial charge on any atom is 0.138 e. The van der Waals surface area contributed by atoms with Gasteiger partial charge in [-0.15, -0.1) is 0 Å². The van der Waals surface area contributed by atoms with Gasteiger partial charge >= 0.3 is 0 Å². The van der Waals surface area contributed by atoms with Crippen molar-refractivity contribution in [3.05, 3.63) is 24.0 Å². The van der Waals surface area contributed by atoms with Crippen molar-refractivity contribution in [1.82, 2.24) is 4.98 Å². The number of aromatic nitrogens is 1. The van der Waals surface area contributed by atoms with Crippen LogP contribution in [-0.4, -0.2) is 23.3 Å². The molecule has 0 aliphatic heterocycles. The second-order valence-electron chi connectivity index (χ2n) is 4.29. The van der Waals surface area contributed by atoms with E-state index in [0.29, 0.717) is 6.42 Å². The van der Waals surface area contributed by atoms with Crippen molar-refractivity contribution in [3.63, 3.8) is 0 Å². The van der Waals surface area contributed by atoms with E-state index in [1.165, 1.54) is 19.3 Å². The van der Waals surface area contributed by atoms with Gasteiger partial charge in [0.1, 0.15) is 5.75 Å². The summed E-state index contributed by atoms with van der Waals surface area (Å²) in [5, 5.41) is 8.63. The number of ether oxygens (including phenoxy) is 1. The van der Waals surface area contributed by atoms with E-state index in [4.69, 9.17) is 9.84 Å². The highest BCUT2D eigenvalue weighted by atomic mass is 16.5. The molecule has 1 fully saturated rings. The van der Waals surface area contributed by atoms with Crippen LogP contribution in [0.15, 0.2) is 18.5 Å². The van der Waals surface area contributed by atoms with Crippen molar-refractivity contribution in [2.75, 3.05) is 13.2 Å². The largest absolute Gasteiger partial charge is 0.492 e. The van der Waals surface area contributed by atoms with E-state index >= 15 is 0 Å². The van der Waals surface area contributed by atoms with Gasteiger partial charge < -0.3 is 9.84 Å². The molecule has 0 amide bonds. The number of hydrogen-bond acceptors (Lipinski definition) is 3. The predicted octanol–water partition coefficient (Wildman–Crippen LogP) is 1.99. The summed E-state index contributed by atoms with van der Waals surface area (Å²) in [6, 6.07) is 1.90. The Morgan fingerprint density at radius 2 is 2.29 bits per heavy atom. The Morgan fingerprint density at radius 3 is 3.00 bits per heavy atom. The molecule has 2 rings (SSSR count). The van der Waals surface area contributed by atoms with Crippen molar-refractivity contribution >= 4 is 0 Å². The van der Waals surface area contributed by atoms with Crippen LogP contribution in [0.2, 0.25) is 0 Å². The van der Waals surface area contributed by atoms with Gasteiger partial charge in [0.15, 0.2) is 0 Å². The van der Waals surface area contributed by atoms with Gasteiger partial charge in [0.2, 0.25) is 0 Å². The number of hydrogen-bond donors (Lipinski definition) is 1. The van der Waals surface area contributed by atoms with Crippen LogP contribution in [0.3, 0.4) is 0 Å². The molecule has 1 N–H and O–H groups in total. The lowest BCUT2D eigenvalue weighted by molar-refractivity contribution is 0.180. The third-order valence-electron chi connectivity index (χ3n) is 2.89. The molecule has 0 atom stereocenters. The van der Waals surface area contributed by atoms with Crippen molar-refractivity contribution in [1.29, 1.82) is 0 Å². The lowest BCUT2D eigenvalue weighted by Crippen LogP contribution is -2.19. The molecule has 0 saturated heterocycles. The fraction of sp³-hybridized carbons (Fsp3) is 0.500. The zero-order valence-electron chi connectivity index (χ0n) is 9.85. The summed E-state index contributed by atoms with van der Waals surface area (Å²) < 4.78 is 5.68. The van der Waals surface area contributed by atoms with Crippen LogP contribution >= 0.6 is 0 Å². The molecule has 1 aliphatic carbocycles. The Hall–Kier alpha value is -1.53. The fourth-order valence-corrected chi connectivity index (χ4v) is 1.66. The highest BCUT2D eigenvalue weighted by Crippen LogP contribution is 2.26. The van der Waals surface area contributed by atoms with Crippen molar-refractivity contribution in [3.8, 4) is 17.6 Å². The van der Waals surface area contributed by atoms with E-state index in [2.05, 4.69) is 16.8 Å². The number of pyridine rings is 1. The lowest BCUT2D eigenvalue weighted by Gasteiger charge is -2.24. The molecule has 3 nitrogen and oxygen atoms in total. The standard InChI is InChI=1S/C14H17NO2/c16-7-2-1-4-13-8-14(10-15-9-13)17-11-12-5-3-6-12/h8-10,12,16H,2-3,5-7,11H2. The van der Waals surface area contributed by atoms with Gasteiger partial charge in [-0.1, -0.05) is 18.3 Å². The van der Waals surface area contributed by atoms with Crippen molar-refractivity contribution in [2.24, 2.45) is 5.92 Å². The van der Waals surface area contributed by atoms with Gasteiger partial charge in [-0.25, -0.2) is 0 Å². The first-order valence-corrected chi connectivity index (χ1v) is 6.06. The van der Waals surface area contributed by atoms with Crippen LogP contribution < -0.4 is 4.74 Å². The molecule has 1 heterocycles. The van der Waals surface area contributed by atoms with Crippen LogP contribution in [-0.2, 0) is 0 Å². The SMILES string of the molecule is OCCC#Cc1cncc(OCC2CCC2)c1. The average Bonchev–Trinajstić information content (AvgIpc) is 2.28. The first-order valence-electron chi connectivity index (χ1n) is 6.06. The van der Waals surface area contributed by atoms with Crippen LogP contribution in [0.1, 0.15) is 31.2 Å². The number of aliphatic hydroxyl groups excluding tert-OH is 1. The van der Waals surface area contributed by atoms with Gasteiger partial charge in [0, 0.05) is 18.2 Å². The monoisotopic (exact) mass is 231 g/mol. The average molecular weight is 231 g/mol. The predicted molar refractivity (Wildman–Crippen MR) is 65.7 cm³/mol. The summed E-state index contributed by atoms with van der Waals surface area (Å²) in [6.45, 7) is 0.882. The topological polar surface area (TPSA) is 42.4 Å². The maximum absolute atomic E-state index is 8.63. The second-order valence-corrected chi connectivity index (χ2v) is 4.29. The fourth-order valence-electron chi connectivity index (χ4n) is 1.66. The Labute approximate surface area is 102 Å². The van der Waals surface area contributed by atoms with Crippen LogP contribution in [0.25, 0.3) is 0 Å². The van der Waals surface area contributed by atoms with Gasteiger partial charge in [0.25, 0.3) is 0 Å². The molecule has 1 saturated carbocycles. The Morgan fingerprint density at radius 1 is 1.41 bits per heavy atom. The number of nitrogens with zero attached hydrogens (tertiary/aromatic N) is 1. The minimum Gasteiger partial charge on any atom is -0.492 e. The van der Waals surface area contributed by atoms with Gasteiger partial charge in [-0.3, -0.25) is 4.98 Å². The molecule has 0 aromatic carbocycles. The van der Waals surface area contributed by atoms with E-state index in [1.54, 1.807) is 12.4 Å². The van der Waals surface area contributed by atoms with Gasteiger partial charge in [0.05, 0.1) is 19.4 Å². The normalized spacial score (nSPS) is 14.6. The molecule has 90 valence electrons. The van der Waals surface area contributed by atoms with E-state index < -0.39 is 0 Å². The number of rotatable bonds is 4. The summed E-state index contributed by atoms with van der Waals surface area (Å²) >= 11 is 0. The quantitative estimate of drug-likeness (QED) is 0.806. The van der Waals surface area contributed by atoms with Gasteiger partial charge in [-0.05, 0) is 24.8 Å². The van der Waals surface area contributed by atoms with Crippen molar-refractivity contribution < 1.29 is 9.84 Å². The molecule has 1 aliphatic rings. The minimum atomic E-state index is 0.0955. The summed E-state index contributed by atoms with van der Waals surface area (Å²) in [6.07, 6.45) is 7.81. The molecule has 0 radical (unpaired) electrons. The highest BCUT2D eigenvalue weighted by molar-refractivity contribution is 5.36. The molecule has 17 heavy (non-hydrogen) atoms. The molecule has 0 bridgehead atoms. The zero-order valence-corrected chi connectivity index (χ0v) is 9.85. The molecule has 1 aromatic rings. The van der Waals surface area contributed by atoms with Crippen LogP contribution in [0.5, 0.6) is 5.75 Å². The maximum atomic E-state index is 8.63. The molecular formula is C14H17NO2. The Balaban J connectivity index is 1.89. The first-order chi connectivity index (χ1) is 8.38. The summed E-state index contributed by atoms with van der Waals surface area (Å²) in [5.41, 5.74) is 0.838. The summed E-state index contributed by atoms with van der Waals surface area (Å²) in [5.74, 6) is 7.33. The second kappa shape index (κ2) is 6.27. The smallest absolute Gasteiger partial charge is 0.138 e. The molecule has 0 unspecified atom stereocenters. The molecule has 0 spiro atoms. The zero-order chi connectivity index (χ0) is 11.9. The summed E-state index contributed by atoms with van der Waals surface area (Å²) in [7, 11) is 0. The molecular weight excluding hydrogens is 214 g/mol. The molecule has 1 aromatic heterocycles. The minimum absolute atomic E-state index is 0.0955. The van der Waals surface area contributed by atoms with E-state index in [0.717, 1.165) is 23.8 Å². The highest BCUT2D eigenvalue weighted by Gasteiger charge is 2.17. The summed E-state index contributed by atoms with van der Waals surface area (Å²) in [4.78, 5) is 4.10. The van der Waals surface area contributed by atoms with E-state index in [9.17, 15) is 0 Å². The third kappa shape index (κ3) is 3.76. The molecule has 3 heteroatoms. The third-order valence-corrected chi connectivity index (χ3v) is 2.89. The Kier molecular flexibility index (Phi) is 4.40. The Bertz CT molecular complexity index is 416.